The highest BCUT2D eigenvalue weighted by Gasteiger charge is 2.30. The smallest absolute Gasteiger partial charge is 0.212 e. The fourth-order valence-corrected chi connectivity index (χ4v) is 3.23. The van der Waals surface area contributed by atoms with E-state index in [0.29, 0.717) is 6.54 Å². The van der Waals surface area contributed by atoms with E-state index in [0.717, 1.165) is 6.42 Å². The topological polar surface area (TPSA) is 37.4 Å². The molecule has 1 rings (SSSR count). The lowest BCUT2D eigenvalue weighted by Gasteiger charge is -2.16. The third-order valence-corrected chi connectivity index (χ3v) is 4.01. The number of nitrogens with zero attached hydrogens (tertiary/aromatic N) is 1. The van der Waals surface area contributed by atoms with E-state index < -0.39 is 10.0 Å². The molecule has 0 N–H and O–H groups in total. The van der Waals surface area contributed by atoms with Crippen molar-refractivity contribution >= 4 is 22.7 Å². The summed E-state index contributed by atoms with van der Waals surface area (Å²) in [6.45, 7) is 2.40. The lowest BCUT2D eigenvalue weighted by Crippen LogP contribution is -2.30. The summed E-state index contributed by atoms with van der Waals surface area (Å²) in [5.41, 5.74) is 0. The molecule has 0 spiro atoms. The molecule has 0 aromatic carbocycles. The van der Waals surface area contributed by atoms with Crippen LogP contribution < -0.4 is 0 Å². The van der Waals surface area contributed by atoms with Gasteiger partial charge >= 0.3 is 0 Å². The number of rotatable bonds is 1. The van der Waals surface area contributed by atoms with E-state index in [4.69, 9.17) is 0 Å². The Morgan fingerprint density at radius 2 is 2.20 bits per heavy atom. The van der Waals surface area contributed by atoms with Gasteiger partial charge in [-0.2, -0.15) is 16.9 Å². The maximum atomic E-state index is 11.1. The second-order valence-electron chi connectivity index (χ2n) is 2.41. The van der Waals surface area contributed by atoms with Gasteiger partial charge in [0.15, 0.2) is 0 Å². The molecule has 1 fully saturated rings. The zero-order valence-electron chi connectivity index (χ0n) is 5.82. The predicted molar refractivity (Wildman–Crippen MR) is 43.6 cm³/mol. The molecule has 0 radical (unpaired) electrons. The monoisotopic (exact) mass is 181 g/mol. The SMILES string of the molecule is CC(S)N1CCCS1(=O)=O. The van der Waals surface area contributed by atoms with Crippen LogP contribution in [0.2, 0.25) is 0 Å². The van der Waals surface area contributed by atoms with Crippen molar-refractivity contribution in [1.29, 1.82) is 0 Å². The standard InChI is InChI=1S/C5H11NO2S2/c1-5(9)6-3-2-4-10(6,7)8/h5,9H,2-4H2,1H3. The van der Waals surface area contributed by atoms with Gasteiger partial charge in [0, 0.05) is 6.54 Å². The minimum absolute atomic E-state index is 0.174. The molecule has 0 aliphatic carbocycles. The molecule has 1 atom stereocenters. The number of sulfonamides is 1. The maximum absolute atomic E-state index is 11.1. The second-order valence-corrected chi connectivity index (χ2v) is 5.20. The Hall–Kier alpha value is 0.260. The highest BCUT2D eigenvalue weighted by molar-refractivity contribution is 7.90. The van der Waals surface area contributed by atoms with Crippen LogP contribution in [0.25, 0.3) is 0 Å². The number of hydrogen-bond acceptors (Lipinski definition) is 3. The predicted octanol–water partition coefficient (Wildman–Crippen LogP) is 0.298. The average Bonchev–Trinajstić information content (AvgIpc) is 2.08. The molecule has 10 heavy (non-hydrogen) atoms. The van der Waals surface area contributed by atoms with Gasteiger partial charge in [-0.1, -0.05) is 0 Å². The van der Waals surface area contributed by atoms with E-state index in [1.807, 2.05) is 0 Å². The summed E-state index contributed by atoms with van der Waals surface area (Å²) in [4.78, 5) is 0. The van der Waals surface area contributed by atoms with Crippen molar-refractivity contribution in [2.75, 3.05) is 12.3 Å². The van der Waals surface area contributed by atoms with Crippen LogP contribution in [-0.2, 0) is 10.0 Å². The molecule has 0 saturated carbocycles. The van der Waals surface area contributed by atoms with Crippen molar-refractivity contribution in [3.63, 3.8) is 0 Å². The zero-order valence-corrected chi connectivity index (χ0v) is 7.53. The molecule has 0 amide bonds. The first-order valence-corrected chi connectivity index (χ1v) is 5.34. The normalized spacial score (nSPS) is 28.6. The summed E-state index contributed by atoms with van der Waals surface area (Å²) in [5.74, 6) is 0.290. The quantitative estimate of drug-likeness (QED) is 0.591. The summed E-state index contributed by atoms with van der Waals surface area (Å²) >= 11 is 4.05. The molecule has 1 unspecified atom stereocenters. The van der Waals surface area contributed by atoms with E-state index >= 15 is 0 Å². The summed E-state index contributed by atoms with van der Waals surface area (Å²) in [5, 5.41) is -0.174. The van der Waals surface area contributed by atoms with Gasteiger partial charge in [-0.05, 0) is 13.3 Å². The first kappa shape index (κ1) is 8.36. The molecular weight excluding hydrogens is 170 g/mol. The first-order chi connectivity index (χ1) is 4.54. The van der Waals surface area contributed by atoms with Crippen LogP contribution in [0.5, 0.6) is 0 Å². The Morgan fingerprint density at radius 1 is 1.60 bits per heavy atom. The van der Waals surface area contributed by atoms with Crippen molar-refractivity contribution < 1.29 is 8.42 Å². The Labute approximate surface area is 66.9 Å². The van der Waals surface area contributed by atoms with Crippen LogP contribution in [0.3, 0.4) is 0 Å². The molecule has 3 nitrogen and oxygen atoms in total. The highest BCUT2D eigenvalue weighted by Crippen LogP contribution is 2.18. The summed E-state index contributed by atoms with van der Waals surface area (Å²) in [6, 6.07) is 0. The largest absolute Gasteiger partial charge is 0.215 e. The molecule has 0 bridgehead atoms. The Balaban J connectivity index is 2.79. The zero-order chi connectivity index (χ0) is 7.78. The molecule has 1 aliphatic heterocycles. The fourth-order valence-electron chi connectivity index (χ4n) is 1.08. The van der Waals surface area contributed by atoms with Gasteiger partial charge in [0.05, 0.1) is 11.1 Å². The molecule has 1 saturated heterocycles. The van der Waals surface area contributed by atoms with Crippen LogP contribution in [-0.4, -0.2) is 30.4 Å². The maximum Gasteiger partial charge on any atom is 0.215 e. The molecular formula is C5H11NO2S2. The minimum Gasteiger partial charge on any atom is -0.212 e. The molecule has 0 aromatic rings. The molecule has 5 heteroatoms. The van der Waals surface area contributed by atoms with E-state index in [2.05, 4.69) is 12.6 Å². The third-order valence-electron chi connectivity index (χ3n) is 1.55. The van der Waals surface area contributed by atoms with Gasteiger partial charge in [-0.3, -0.25) is 0 Å². The van der Waals surface area contributed by atoms with Gasteiger partial charge in [-0.15, -0.1) is 0 Å². The van der Waals surface area contributed by atoms with Gasteiger partial charge < -0.3 is 0 Å². The van der Waals surface area contributed by atoms with Crippen molar-refractivity contribution in [1.82, 2.24) is 4.31 Å². The van der Waals surface area contributed by atoms with E-state index in [-0.39, 0.29) is 11.1 Å². The van der Waals surface area contributed by atoms with Gasteiger partial charge in [0.2, 0.25) is 10.0 Å². The van der Waals surface area contributed by atoms with Crippen molar-refractivity contribution in [2.45, 2.75) is 18.7 Å². The van der Waals surface area contributed by atoms with Crippen molar-refractivity contribution in [2.24, 2.45) is 0 Å². The fraction of sp³-hybridized carbons (Fsp3) is 1.00. The van der Waals surface area contributed by atoms with Gasteiger partial charge in [0.1, 0.15) is 0 Å². The van der Waals surface area contributed by atoms with Crippen LogP contribution in [0.1, 0.15) is 13.3 Å². The first-order valence-electron chi connectivity index (χ1n) is 3.21. The van der Waals surface area contributed by atoms with Gasteiger partial charge in [-0.25, -0.2) is 8.42 Å². The van der Waals surface area contributed by atoms with Crippen LogP contribution >= 0.6 is 12.6 Å². The molecule has 1 heterocycles. The minimum atomic E-state index is -2.93. The number of hydrogen-bond donors (Lipinski definition) is 1. The Bertz CT molecular complexity index is 210. The van der Waals surface area contributed by atoms with Crippen molar-refractivity contribution in [3.8, 4) is 0 Å². The van der Waals surface area contributed by atoms with Crippen LogP contribution in [0.4, 0.5) is 0 Å². The molecule has 1 aliphatic rings. The lowest BCUT2D eigenvalue weighted by atomic mass is 10.5. The van der Waals surface area contributed by atoms with Crippen LogP contribution in [0, 0.1) is 0 Å². The van der Waals surface area contributed by atoms with E-state index in [1.54, 1.807) is 6.92 Å². The van der Waals surface area contributed by atoms with Gasteiger partial charge in [0.25, 0.3) is 0 Å². The highest BCUT2D eigenvalue weighted by atomic mass is 32.2. The summed E-state index contributed by atoms with van der Waals surface area (Å²) in [7, 11) is -2.93. The number of thiol groups is 1. The molecule has 0 aromatic heterocycles. The Morgan fingerprint density at radius 3 is 2.40 bits per heavy atom. The van der Waals surface area contributed by atoms with Crippen LogP contribution in [0.15, 0.2) is 0 Å². The third kappa shape index (κ3) is 1.46. The summed E-state index contributed by atoms with van der Waals surface area (Å²) in [6.07, 6.45) is 0.743. The molecule has 60 valence electrons. The average molecular weight is 181 g/mol. The summed E-state index contributed by atoms with van der Waals surface area (Å²) < 4.78 is 23.6. The second kappa shape index (κ2) is 2.71. The van der Waals surface area contributed by atoms with E-state index in [1.165, 1.54) is 4.31 Å². The van der Waals surface area contributed by atoms with Crippen molar-refractivity contribution in [3.05, 3.63) is 0 Å². The Kier molecular flexibility index (Phi) is 2.27. The lowest BCUT2D eigenvalue weighted by molar-refractivity contribution is 0.441. The van der Waals surface area contributed by atoms with E-state index in [9.17, 15) is 8.42 Å².